The van der Waals surface area contributed by atoms with Gasteiger partial charge in [-0.1, -0.05) is 6.92 Å². The summed E-state index contributed by atoms with van der Waals surface area (Å²) < 4.78 is 119. The molecule has 51 atom stereocenters. The maximum atomic E-state index is 13.2. The molecule has 0 aliphatic carbocycles. The fourth-order valence-electron chi connectivity index (χ4n) is 16.9. The van der Waals surface area contributed by atoms with Crippen molar-refractivity contribution in [3.8, 4) is 0 Å². The largest absolute Gasteiger partial charge is 0.410 e. The Morgan fingerprint density at radius 2 is 0.695 bits per heavy atom. The molecule has 10 aliphatic heterocycles. The minimum atomic E-state index is -2.66. The Labute approximate surface area is 727 Å². The zero-order valence-corrected chi connectivity index (χ0v) is 69.8. The Bertz CT molecular complexity index is 3500. The highest BCUT2D eigenvalue weighted by Gasteiger charge is 2.62. The second kappa shape index (κ2) is 45.9. The van der Waals surface area contributed by atoms with Gasteiger partial charge in [-0.15, -0.1) is 0 Å². The molecule has 4 amide bonds. The molecule has 0 saturated carbocycles. The summed E-state index contributed by atoms with van der Waals surface area (Å²) >= 11 is 0. The summed E-state index contributed by atoms with van der Waals surface area (Å²) in [4.78, 5) is 63.5. The average Bonchev–Trinajstić information content (AvgIpc) is 0.767. The van der Waals surface area contributed by atoms with Crippen molar-refractivity contribution in [2.75, 3.05) is 59.5 Å². The fourth-order valence-corrected chi connectivity index (χ4v) is 16.9. The first-order valence-electron chi connectivity index (χ1n) is 41.3. The van der Waals surface area contributed by atoms with E-state index in [-0.39, 0.29) is 6.47 Å². The molecule has 128 heavy (non-hydrogen) atoms. The first-order valence-corrected chi connectivity index (χ1v) is 41.3. The number of ether oxygens (including phenoxy) is 20. The van der Waals surface area contributed by atoms with Gasteiger partial charge in [0.25, 0.3) is 6.47 Å². The van der Waals surface area contributed by atoms with Crippen LogP contribution in [0.25, 0.3) is 0 Å². The number of carbonyl (C=O) groups excluding carboxylic acids is 5. The smallest absolute Gasteiger partial charge is 0.332 e. The predicted molar refractivity (Wildman–Crippen MR) is 398 cm³/mol. The number of rotatable bonds is 35. The van der Waals surface area contributed by atoms with E-state index in [1.807, 2.05) is 0 Å². The van der Waals surface area contributed by atoms with Gasteiger partial charge in [0, 0.05) is 33.6 Å². The van der Waals surface area contributed by atoms with Crippen LogP contribution in [0.1, 0.15) is 54.9 Å². The van der Waals surface area contributed by atoms with Crippen molar-refractivity contribution in [1.82, 2.24) is 21.3 Å². The lowest BCUT2D eigenvalue weighted by Gasteiger charge is -2.51. The topological polar surface area (TPSA) is 844 Å². The molecule has 740 valence electrons. The van der Waals surface area contributed by atoms with Crippen LogP contribution in [-0.2, 0) is 119 Å². The number of nitrogens with one attached hydrogen (secondary N) is 4. The third kappa shape index (κ3) is 23.4. The van der Waals surface area contributed by atoms with Crippen LogP contribution >= 0.6 is 0 Å². The van der Waals surface area contributed by atoms with E-state index in [1.54, 1.807) is 0 Å². The number of aliphatic hydroxyl groups is 26. The lowest BCUT2D eigenvalue weighted by Crippen LogP contribution is -2.71. The molecule has 10 heterocycles. The highest BCUT2D eigenvalue weighted by molar-refractivity contribution is 5.74. The molecule has 10 aliphatic rings. The summed E-state index contributed by atoms with van der Waals surface area (Å²) in [6, 6.07) is -7.06. The van der Waals surface area contributed by atoms with Crippen LogP contribution in [0, 0.1) is 5.92 Å². The Morgan fingerprint density at radius 3 is 1.12 bits per heavy atom. The van der Waals surface area contributed by atoms with E-state index in [1.165, 1.54) is 20.8 Å². The van der Waals surface area contributed by atoms with Gasteiger partial charge in [0.1, 0.15) is 220 Å². The van der Waals surface area contributed by atoms with Gasteiger partial charge in [-0.3, -0.25) is 24.0 Å². The third-order valence-corrected chi connectivity index (χ3v) is 23.9. The molecule has 10 saturated heterocycles. The van der Waals surface area contributed by atoms with Crippen LogP contribution in [0.15, 0.2) is 0 Å². The second-order valence-electron chi connectivity index (χ2n) is 32.9. The van der Waals surface area contributed by atoms with Crippen LogP contribution < -0.4 is 21.3 Å². The minimum absolute atomic E-state index is 0.189. The molecule has 0 radical (unpaired) electrons. The summed E-state index contributed by atoms with van der Waals surface area (Å²) in [5.41, 5.74) is 0. The van der Waals surface area contributed by atoms with Crippen molar-refractivity contribution in [3.05, 3.63) is 0 Å². The van der Waals surface area contributed by atoms with E-state index in [0.29, 0.717) is 0 Å². The quantitative estimate of drug-likeness (QED) is 0.0207. The van der Waals surface area contributed by atoms with Crippen LogP contribution in [-0.4, -0.2) is 529 Å². The number of hydrogen-bond acceptors (Lipinski definition) is 51. The van der Waals surface area contributed by atoms with Crippen molar-refractivity contribution < 1.29 is 251 Å². The normalized spacial score (nSPS) is 48.4. The Kier molecular flexibility index (Phi) is 37.9. The van der Waals surface area contributed by atoms with Crippen LogP contribution in [0.4, 0.5) is 0 Å². The minimum Gasteiger partial charge on any atom is -0.410 e. The van der Waals surface area contributed by atoms with Gasteiger partial charge in [-0.25, -0.2) is 0 Å². The van der Waals surface area contributed by atoms with Crippen LogP contribution in [0.5, 0.6) is 0 Å². The third-order valence-electron chi connectivity index (χ3n) is 23.9. The molecular formula is C73H122N4O51. The van der Waals surface area contributed by atoms with E-state index in [0.717, 1.165) is 27.7 Å². The molecule has 55 nitrogen and oxygen atoms in total. The van der Waals surface area contributed by atoms with E-state index < -0.39 is 402 Å². The lowest BCUT2D eigenvalue weighted by atomic mass is 9.87. The molecule has 0 aromatic carbocycles. The molecule has 0 aromatic heterocycles. The first kappa shape index (κ1) is 106. The number of carbonyl (C=O) groups is 5. The highest BCUT2D eigenvalue weighted by atomic mass is 16.9. The first-order chi connectivity index (χ1) is 60.5. The van der Waals surface area contributed by atoms with Crippen molar-refractivity contribution in [3.63, 3.8) is 0 Å². The Morgan fingerprint density at radius 1 is 0.352 bits per heavy atom. The van der Waals surface area contributed by atoms with E-state index in [4.69, 9.17) is 94.7 Å². The van der Waals surface area contributed by atoms with E-state index in [9.17, 15) is 157 Å². The molecule has 55 heteroatoms. The number of hydrogen-bond donors (Lipinski definition) is 30. The Balaban J connectivity index is 0.953. The van der Waals surface area contributed by atoms with Crippen LogP contribution in [0.3, 0.4) is 0 Å². The van der Waals surface area contributed by atoms with Crippen molar-refractivity contribution >= 4 is 30.1 Å². The van der Waals surface area contributed by atoms with Gasteiger partial charge in [-0.05, 0) is 13.8 Å². The standard InChI is InChI=1S/C73H122N4O51/c1-19-26(90)8-73(111-18-85,128-57(19)41(93)27(91)9-78)110-17-35-44(96)51(103)55(107)69(120-35)123-60-32(14-83)117-66(38(49(60)101)76-24(6)88)126-63-52(104)42(94)28(10-79)114-71(63)109-16-34-45(97)62(56(108)70(119-34)124-61-33(15-84)116-65(37(47(61)99)75-23(5)87)121-58-30(12-81)112-20(2)36(46(58)98)74-22(4)86)125-72-64(53(105)43(95)29(11-80)115-72)127-67-39(77-25(7)89)48(100)59(31(13-82)118-67)122-68-54(106)50(102)40(92)21(3)113-68/h18-21,26-72,78-84,90-108H,8-17H2,1-7H3,(H,74,86)(H,75,87)(H,76,88)(H,77,89)/t19-,20+,21?,26-,27-,28?,29?,30?,31?,32+,33?,34?,35?,36?,37?,38?,39?,40+,41+,42-,43-,44+,45-,46-,47-,48-,49?,50+,51+,52+,53?,54?,55?,56?,57?,58-,59-,60-,61-,62+,63?,64?,65+,66+,67+,68+,69+,70+,71+,72-,73+/m1/s1. The highest BCUT2D eigenvalue weighted by Crippen LogP contribution is 2.43. The van der Waals surface area contributed by atoms with E-state index >= 15 is 0 Å². The van der Waals surface area contributed by atoms with Crippen molar-refractivity contribution in [1.29, 1.82) is 0 Å². The maximum absolute atomic E-state index is 13.2. The number of aliphatic hydroxyl groups excluding tert-OH is 26. The van der Waals surface area contributed by atoms with Crippen molar-refractivity contribution in [2.45, 2.75) is 361 Å². The molecule has 20 unspecified atom stereocenters. The zero-order valence-electron chi connectivity index (χ0n) is 69.8. The molecule has 0 aromatic rings. The van der Waals surface area contributed by atoms with Gasteiger partial charge < -0.3 is 249 Å². The second-order valence-corrected chi connectivity index (χ2v) is 32.9. The van der Waals surface area contributed by atoms with Gasteiger partial charge in [0.2, 0.25) is 23.6 Å². The SMILES string of the molecule is CC(=O)NC1C(O)[C@H](O[C@@H]2OC(CO[C@]3(OC=O)C[C@@H](O)[C@@H](C)C([C@@H](O)[C@H](O)CO)O3)[C@H](O)[C@H](O)C2O)[C@H](CO)O[C@H]1OC1[C@@H](OCC2O[C@@H](O[C@@H]3C(CO)O[C@@H](O[C@@H]4C(CO)O[C@@H](C)C(NC(C)=O)[C@H]4O)C(NC(C)=O)[C@H]3O)C(O)[C@@H](O[C@H]3OC(CO)[C@@H](O)C(O)C3O[C@@H]3OC(CO)[C@@H](O[C@@H]4OC(C)[C@H](O)[C@H](O)C4O)[C@H](O)C3NC(C)=O)[C@@H]2O)OC(CO)[C@@H](O)[C@@H]1O. The van der Waals surface area contributed by atoms with Gasteiger partial charge in [0.05, 0.1) is 96.3 Å². The van der Waals surface area contributed by atoms with Gasteiger partial charge in [0.15, 0.2) is 50.3 Å². The number of amides is 4. The monoisotopic (exact) mass is 1870 g/mol. The van der Waals surface area contributed by atoms with E-state index in [2.05, 4.69) is 21.3 Å². The molecule has 0 bridgehead atoms. The summed E-state index contributed by atoms with van der Waals surface area (Å²) in [5, 5.41) is 303. The fraction of sp³-hybridized carbons (Fsp3) is 0.932. The summed E-state index contributed by atoms with van der Waals surface area (Å²) in [5.74, 6) is -7.19. The summed E-state index contributed by atoms with van der Waals surface area (Å²) in [7, 11) is 0. The predicted octanol–water partition coefficient (Wildman–Crippen LogP) is -19.6. The average molecular weight is 1870 g/mol. The van der Waals surface area contributed by atoms with Crippen LogP contribution in [0.2, 0.25) is 0 Å². The lowest BCUT2D eigenvalue weighted by molar-refractivity contribution is -0.424. The molecule has 10 fully saturated rings. The molecule has 0 spiro atoms. The maximum Gasteiger partial charge on any atom is 0.332 e. The Hall–Kier alpha value is -4.45. The molecule has 10 rings (SSSR count). The molecular weight excluding hydrogens is 1750 g/mol. The zero-order chi connectivity index (χ0) is 94.4. The summed E-state index contributed by atoms with van der Waals surface area (Å²) in [6.07, 6.45) is -92.3. The van der Waals surface area contributed by atoms with Gasteiger partial charge in [-0.2, -0.15) is 0 Å². The summed E-state index contributed by atoms with van der Waals surface area (Å²) in [6.45, 7) is -2.11. The van der Waals surface area contributed by atoms with Crippen molar-refractivity contribution in [2.24, 2.45) is 5.92 Å². The molecule has 30 N–H and O–H groups in total. The van der Waals surface area contributed by atoms with Gasteiger partial charge >= 0.3 is 5.97 Å².